The molecule has 0 saturated carbocycles. The first kappa shape index (κ1) is 17.2. The van der Waals surface area contributed by atoms with Gasteiger partial charge in [-0.1, -0.05) is 6.07 Å². The summed E-state index contributed by atoms with van der Waals surface area (Å²) in [6.07, 6.45) is 2.40. The largest absolute Gasteiger partial charge is 0.500 e. The normalized spacial score (nSPS) is 11.8. The highest BCUT2D eigenvalue weighted by atomic mass is 28.4. The standard InChI is InChI=1S/C14H22F2O3Si/c1-4-19-20(17-2,18-3)10-6-5-7-12-8-9-13(15)14(16)11-12/h8-9,11H,4-7,10H2,1-3H3. The highest BCUT2D eigenvalue weighted by molar-refractivity contribution is 6.60. The maximum absolute atomic E-state index is 13.1. The van der Waals surface area contributed by atoms with Crippen molar-refractivity contribution in [1.29, 1.82) is 0 Å². The highest BCUT2D eigenvalue weighted by Gasteiger charge is 2.37. The first-order valence-electron chi connectivity index (χ1n) is 6.75. The zero-order chi connectivity index (χ0) is 15.0. The molecule has 6 heteroatoms. The summed E-state index contributed by atoms with van der Waals surface area (Å²) in [4.78, 5) is 0. The monoisotopic (exact) mass is 304 g/mol. The average molecular weight is 304 g/mol. The second kappa shape index (κ2) is 8.46. The molecule has 0 radical (unpaired) electrons. The fourth-order valence-electron chi connectivity index (χ4n) is 2.06. The third kappa shape index (κ3) is 4.94. The number of unbranched alkanes of at least 4 members (excludes halogenated alkanes) is 1. The van der Waals surface area contributed by atoms with E-state index < -0.39 is 20.4 Å². The molecular weight excluding hydrogens is 282 g/mol. The lowest BCUT2D eigenvalue weighted by Gasteiger charge is -2.25. The van der Waals surface area contributed by atoms with Crippen LogP contribution < -0.4 is 0 Å². The van der Waals surface area contributed by atoms with Crippen LogP contribution in [0.1, 0.15) is 25.3 Å². The van der Waals surface area contributed by atoms with Gasteiger partial charge >= 0.3 is 8.80 Å². The van der Waals surface area contributed by atoms with Gasteiger partial charge in [-0.25, -0.2) is 8.78 Å². The quantitative estimate of drug-likeness (QED) is 0.516. The fourth-order valence-corrected chi connectivity index (χ4v) is 4.14. The molecule has 0 spiro atoms. The van der Waals surface area contributed by atoms with Gasteiger partial charge in [0, 0.05) is 26.9 Å². The van der Waals surface area contributed by atoms with Gasteiger partial charge in [-0.2, -0.15) is 0 Å². The molecule has 0 N–H and O–H groups in total. The summed E-state index contributed by atoms with van der Waals surface area (Å²) in [5, 5.41) is 0. The van der Waals surface area contributed by atoms with Crippen LogP contribution in [0.5, 0.6) is 0 Å². The molecule has 0 saturated heterocycles. The number of benzene rings is 1. The molecular formula is C14H22F2O3Si. The Morgan fingerprint density at radius 3 is 2.30 bits per heavy atom. The predicted molar refractivity (Wildman–Crippen MR) is 75.5 cm³/mol. The lowest BCUT2D eigenvalue weighted by molar-refractivity contribution is 0.103. The smallest absolute Gasteiger partial charge is 0.377 e. The zero-order valence-corrected chi connectivity index (χ0v) is 13.2. The minimum atomic E-state index is -2.54. The van der Waals surface area contributed by atoms with Gasteiger partial charge in [-0.3, -0.25) is 0 Å². The lowest BCUT2D eigenvalue weighted by atomic mass is 10.1. The van der Waals surface area contributed by atoms with Crippen LogP contribution in [0.15, 0.2) is 18.2 Å². The average Bonchev–Trinajstić information content (AvgIpc) is 2.46. The first-order valence-corrected chi connectivity index (χ1v) is 8.68. The van der Waals surface area contributed by atoms with Crippen molar-refractivity contribution in [3.8, 4) is 0 Å². The Balaban J connectivity index is 2.41. The SMILES string of the molecule is CCO[Si](CCCCc1ccc(F)c(F)c1)(OC)OC. The number of halogens is 2. The molecule has 0 aliphatic carbocycles. The summed E-state index contributed by atoms with van der Waals surface area (Å²) >= 11 is 0. The third-order valence-electron chi connectivity index (χ3n) is 3.17. The van der Waals surface area contributed by atoms with E-state index in [0.29, 0.717) is 13.0 Å². The summed E-state index contributed by atoms with van der Waals surface area (Å²) in [6.45, 7) is 2.46. The Labute approximate surface area is 120 Å². The molecule has 1 aromatic rings. The molecule has 1 rings (SSSR count). The molecule has 0 bridgehead atoms. The molecule has 1 aromatic carbocycles. The highest BCUT2D eigenvalue weighted by Crippen LogP contribution is 2.19. The summed E-state index contributed by atoms with van der Waals surface area (Å²) < 4.78 is 42.3. The Bertz CT molecular complexity index is 411. The molecule has 0 heterocycles. The van der Waals surface area contributed by atoms with Crippen molar-refractivity contribution in [2.24, 2.45) is 0 Å². The van der Waals surface area contributed by atoms with E-state index in [0.717, 1.165) is 30.5 Å². The van der Waals surface area contributed by atoms with E-state index in [9.17, 15) is 8.78 Å². The van der Waals surface area contributed by atoms with Gasteiger partial charge in [0.25, 0.3) is 0 Å². The summed E-state index contributed by atoms with van der Waals surface area (Å²) in [5.41, 5.74) is 0.794. The van der Waals surface area contributed by atoms with Crippen molar-refractivity contribution in [2.45, 2.75) is 32.2 Å². The zero-order valence-electron chi connectivity index (χ0n) is 12.2. The minimum Gasteiger partial charge on any atom is -0.377 e. The number of aryl methyl sites for hydroxylation is 1. The molecule has 0 unspecified atom stereocenters. The predicted octanol–water partition coefficient (Wildman–Crippen LogP) is 3.56. The second-order valence-corrected chi connectivity index (χ2v) is 7.45. The number of hydrogen-bond acceptors (Lipinski definition) is 3. The minimum absolute atomic E-state index is 0.553. The molecule has 20 heavy (non-hydrogen) atoms. The van der Waals surface area contributed by atoms with Crippen molar-refractivity contribution in [3.63, 3.8) is 0 Å². The van der Waals surface area contributed by atoms with E-state index in [4.69, 9.17) is 13.3 Å². The van der Waals surface area contributed by atoms with E-state index in [-0.39, 0.29) is 0 Å². The van der Waals surface area contributed by atoms with E-state index in [1.165, 1.54) is 6.07 Å². The van der Waals surface area contributed by atoms with E-state index >= 15 is 0 Å². The van der Waals surface area contributed by atoms with E-state index in [1.54, 1.807) is 20.3 Å². The van der Waals surface area contributed by atoms with Crippen molar-refractivity contribution >= 4 is 8.80 Å². The van der Waals surface area contributed by atoms with Gasteiger partial charge in [-0.15, -0.1) is 0 Å². The third-order valence-corrected chi connectivity index (χ3v) is 6.11. The molecule has 114 valence electrons. The van der Waals surface area contributed by atoms with Gasteiger partial charge in [0.1, 0.15) is 0 Å². The molecule has 0 atom stereocenters. The Kier molecular flexibility index (Phi) is 7.29. The van der Waals surface area contributed by atoms with Crippen LogP contribution in [0, 0.1) is 11.6 Å². The van der Waals surface area contributed by atoms with Crippen molar-refractivity contribution in [3.05, 3.63) is 35.4 Å². The number of hydrogen-bond donors (Lipinski definition) is 0. The second-order valence-electron chi connectivity index (χ2n) is 4.48. The van der Waals surface area contributed by atoms with Gasteiger partial charge < -0.3 is 13.3 Å². The Morgan fingerprint density at radius 1 is 1.05 bits per heavy atom. The topological polar surface area (TPSA) is 27.7 Å². The van der Waals surface area contributed by atoms with Gasteiger partial charge in [0.2, 0.25) is 0 Å². The molecule has 0 fully saturated rings. The van der Waals surface area contributed by atoms with Crippen LogP contribution in [0.2, 0.25) is 6.04 Å². The lowest BCUT2D eigenvalue weighted by Crippen LogP contribution is -2.43. The van der Waals surface area contributed by atoms with Crippen molar-refractivity contribution in [1.82, 2.24) is 0 Å². The number of rotatable bonds is 9. The van der Waals surface area contributed by atoms with Crippen molar-refractivity contribution < 1.29 is 22.1 Å². The van der Waals surface area contributed by atoms with Crippen LogP contribution in [0.25, 0.3) is 0 Å². The molecule has 0 aromatic heterocycles. The first-order chi connectivity index (χ1) is 9.56. The maximum atomic E-state index is 13.1. The summed E-state index contributed by atoms with van der Waals surface area (Å²) in [7, 11) is 0.660. The van der Waals surface area contributed by atoms with Gasteiger partial charge in [-0.05, 0) is 43.9 Å². The Morgan fingerprint density at radius 2 is 1.75 bits per heavy atom. The molecule has 0 amide bonds. The molecule has 3 nitrogen and oxygen atoms in total. The fraction of sp³-hybridized carbons (Fsp3) is 0.571. The van der Waals surface area contributed by atoms with Gasteiger partial charge in [0.05, 0.1) is 0 Å². The molecule has 0 aliphatic heterocycles. The van der Waals surface area contributed by atoms with Crippen LogP contribution in [0.4, 0.5) is 8.78 Å². The van der Waals surface area contributed by atoms with Gasteiger partial charge in [0.15, 0.2) is 11.6 Å². The summed E-state index contributed by atoms with van der Waals surface area (Å²) in [6, 6.07) is 4.74. The summed E-state index contributed by atoms with van der Waals surface area (Å²) in [5.74, 6) is -1.61. The van der Waals surface area contributed by atoms with Crippen LogP contribution in [-0.4, -0.2) is 29.6 Å². The van der Waals surface area contributed by atoms with Crippen LogP contribution in [-0.2, 0) is 19.7 Å². The maximum Gasteiger partial charge on any atom is 0.500 e. The van der Waals surface area contributed by atoms with E-state index in [2.05, 4.69) is 0 Å². The van der Waals surface area contributed by atoms with Crippen LogP contribution in [0.3, 0.4) is 0 Å². The van der Waals surface area contributed by atoms with E-state index in [1.807, 2.05) is 6.92 Å². The van der Waals surface area contributed by atoms with Crippen molar-refractivity contribution in [2.75, 3.05) is 20.8 Å². The molecule has 0 aliphatic rings. The van der Waals surface area contributed by atoms with Crippen LogP contribution >= 0.6 is 0 Å². The Hall–Kier alpha value is -0.823.